The molecule has 2 amide bonds. The minimum absolute atomic E-state index is 0.138. The standard InChI is InChI=1S/C30H34F2N2O5S2/c1-3-5-7-13-33(14-8-6-4-2)28(37)23-15-20(16-26-29(38)34(18-27(35)36)30(40)41-26)9-12-25(23)39-19-21-10-11-22(31)17-24(21)32/h9-12,15-17H,3-8,13-14,18-19H2,1-2H3,(H,35,36). The van der Waals surface area contributed by atoms with Crippen molar-refractivity contribution >= 4 is 52.2 Å². The zero-order valence-corrected chi connectivity index (χ0v) is 24.8. The molecular weight excluding hydrogens is 570 g/mol. The van der Waals surface area contributed by atoms with Crippen LogP contribution < -0.4 is 4.74 Å². The van der Waals surface area contributed by atoms with Crippen LogP contribution in [0.5, 0.6) is 5.75 Å². The Balaban J connectivity index is 1.96. The van der Waals surface area contributed by atoms with Gasteiger partial charge in [-0.1, -0.05) is 69.6 Å². The van der Waals surface area contributed by atoms with Gasteiger partial charge in [-0.15, -0.1) is 0 Å². The number of benzene rings is 2. The van der Waals surface area contributed by atoms with Crippen molar-refractivity contribution in [3.63, 3.8) is 0 Å². The van der Waals surface area contributed by atoms with Crippen LogP contribution in [0.15, 0.2) is 41.3 Å². The molecule has 7 nitrogen and oxygen atoms in total. The number of rotatable bonds is 15. The van der Waals surface area contributed by atoms with Crippen molar-refractivity contribution in [1.29, 1.82) is 0 Å². The van der Waals surface area contributed by atoms with Crippen LogP contribution in [0.4, 0.5) is 8.78 Å². The van der Waals surface area contributed by atoms with Gasteiger partial charge in [0.2, 0.25) is 0 Å². The highest BCUT2D eigenvalue weighted by molar-refractivity contribution is 8.26. The zero-order chi connectivity index (χ0) is 29.9. The first-order chi connectivity index (χ1) is 19.6. The van der Waals surface area contributed by atoms with Gasteiger partial charge in [0.25, 0.3) is 11.8 Å². The summed E-state index contributed by atoms with van der Waals surface area (Å²) in [6.45, 7) is 4.56. The lowest BCUT2D eigenvalue weighted by Gasteiger charge is -2.24. The number of carbonyl (C=O) groups excluding carboxylic acids is 2. The van der Waals surface area contributed by atoms with Crippen molar-refractivity contribution in [1.82, 2.24) is 9.80 Å². The summed E-state index contributed by atoms with van der Waals surface area (Å²) in [5, 5.41) is 9.10. The lowest BCUT2D eigenvalue weighted by Crippen LogP contribution is -2.33. The SMILES string of the molecule is CCCCCN(CCCCC)C(=O)c1cc(C=C2SC(=S)N(CC(=O)O)C2=O)ccc1OCc1ccc(F)cc1F. The van der Waals surface area contributed by atoms with Crippen LogP contribution in [0.25, 0.3) is 6.08 Å². The third-order valence-corrected chi connectivity index (χ3v) is 7.83. The fourth-order valence-electron chi connectivity index (χ4n) is 4.24. The molecule has 0 aromatic heterocycles. The van der Waals surface area contributed by atoms with E-state index in [0.717, 1.165) is 67.3 Å². The summed E-state index contributed by atoms with van der Waals surface area (Å²) in [5.41, 5.74) is 0.903. The maximum Gasteiger partial charge on any atom is 0.323 e. The van der Waals surface area contributed by atoms with Crippen molar-refractivity contribution < 1.29 is 33.0 Å². The van der Waals surface area contributed by atoms with E-state index < -0.39 is 30.1 Å². The second kappa shape index (κ2) is 15.6. The Morgan fingerprint density at radius 2 is 1.73 bits per heavy atom. The summed E-state index contributed by atoms with van der Waals surface area (Å²) < 4.78 is 33.7. The van der Waals surface area contributed by atoms with Gasteiger partial charge < -0.3 is 14.7 Å². The van der Waals surface area contributed by atoms with Gasteiger partial charge in [0, 0.05) is 24.7 Å². The lowest BCUT2D eigenvalue weighted by atomic mass is 10.1. The Morgan fingerprint density at radius 3 is 2.34 bits per heavy atom. The van der Waals surface area contributed by atoms with E-state index in [1.54, 1.807) is 29.2 Å². The molecule has 1 fully saturated rings. The van der Waals surface area contributed by atoms with E-state index in [0.29, 0.717) is 18.7 Å². The predicted octanol–water partition coefficient (Wildman–Crippen LogP) is 6.65. The van der Waals surface area contributed by atoms with Crippen LogP contribution in [0.2, 0.25) is 0 Å². The highest BCUT2D eigenvalue weighted by atomic mass is 32.2. The minimum atomic E-state index is -1.18. The van der Waals surface area contributed by atoms with Crippen LogP contribution in [0, 0.1) is 11.6 Å². The topological polar surface area (TPSA) is 87.2 Å². The third-order valence-electron chi connectivity index (χ3n) is 6.45. The molecule has 1 N–H and O–H groups in total. The van der Waals surface area contributed by atoms with Crippen LogP contribution in [0.3, 0.4) is 0 Å². The number of nitrogens with zero attached hydrogens (tertiary/aromatic N) is 2. The number of hydrogen-bond acceptors (Lipinski definition) is 6. The summed E-state index contributed by atoms with van der Waals surface area (Å²) in [6.07, 6.45) is 7.20. The van der Waals surface area contributed by atoms with Gasteiger partial charge in [0.1, 0.15) is 34.9 Å². The molecule has 2 aromatic carbocycles. The lowest BCUT2D eigenvalue weighted by molar-refractivity contribution is -0.140. The summed E-state index contributed by atoms with van der Waals surface area (Å²) >= 11 is 6.17. The number of thiocarbonyl (C=S) groups is 1. The molecule has 1 heterocycles. The molecule has 0 radical (unpaired) electrons. The number of carboxylic acid groups (broad SMARTS) is 1. The van der Waals surface area contributed by atoms with Gasteiger partial charge in [-0.25, -0.2) is 8.78 Å². The molecule has 1 aliphatic rings. The van der Waals surface area contributed by atoms with Crippen molar-refractivity contribution in [2.75, 3.05) is 19.6 Å². The van der Waals surface area contributed by atoms with Crippen molar-refractivity contribution in [3.8, 4) is 5.75 Å². The maximum atomic E-state index is 14.3. The first-order valence-electron chi connectivity index (χ1n) is 13.6. The predicted molar refractivity (Wildman–Crippen MR) is 160 cm³/mol. The van der Waals surface area contributed by atoms with E-state index in [1.165, 1.54) is 6.07 Å². The fraction of sp³-hybridized carbons (Fsp3) is 0.400. The molecule has 1 aliphatic heterocycles. The molecule has 220 valence electrons. The molecule has 11 heteroatoms. The summed E-state index contributed by atoms with van der Waals surface area (Å²) in [6, 6.07) is 8.04. The molecule has 0 bridgehead atoms. The molecule has 0 saturated carbocycles. The summed E-state index contributed by atoms with van der Waals surface area (Å²) in [5.74, 6) is -3.18. The highest BCUT2D eigenvalue weighted by Gasteiger charge is 2.33. The molecule has 2 aromatic rings. The molecule has 0 unspecified atom stereocenters. The Labute approximate surface area is 248 Å². The van der Waals surface area contributed by atoms with Gasteiger partial charge in [-0.3, -0.25) is 19.3 Å². The number of aliphatic carboxylic acids is 1. The molecule has 1 saturated heterocycles. The largest absolute Gasteiger partial charge is 0.488 e. The zero-order valence-electron chi connectivity index (χ0n) is 23.2. The summed E-state index contributed by atoms with van der Waals surface area (Å²) in [7, 11) is 0. The number of thioether (sulfide) groups is 1. The maximum absolute atomic E-state index is 14.3. The molecule has 0 aliphatic carbocycles. The Bertz CT molecular complexity index is 1310. The average Bonchev–Trinajstić information content (AvgIpc) is 3.18. The normalized spacial score (nSPS) is 14.1. The number of ether oxygens (including phenoxy) is 1. The van der Waals surface area contributed by atoms with Crippen molar-refractivity contribution in [2.45, 2.75) is 59.0 Å². The first kappa shape index (κ1) is 32.2. The van der Waals surface area contributed by atoms with Crippen molar-refractivity contribution in [3.05, 3.63) is 69.6 Å². The van der Waals surface area contributed by atoms with Gasteiger partial charge in [0.05, 0.1) is 10.5 Å². The number of halogens is 2. The number of amides is 2. The van der Waals surface area contributed by atoms with E-state index in [9.17, 15) is 23.2 Å². The molecule has 0 atom stereocenters. The van der Waals surface area contributed by atoms with Gasteiger partial charge in [-0.05, 0) is 48.7 Å². The molecule has 3 rings (SSSR count). The third kappa shape index (κ3) is 9.09. The second-order valence-corrected chi connectivity index (χ2v) is 11.3. The highest BCUT2D eigenvalue weighted by Crippen LogP contribution is 2.33. The minimum Gasteiger partial charge on any atom is -0.488 e. The number of unbranched alkanes of at least 4 members (excludes halogenated alkanes) is 4. The monoisotopic (exact) mass is 604 g/mol. The second-order valence-electron chi connectivity index (χ2n) is 9.65. The van der Waals surface area contributed by atoms with Crippen LogP contribution in [0.1, 0.15) is 73.9 Å². The number of hydrogen-bond donors (Lipinski definition) is 1. The van der Waals surface area contributed by atoms with E-state index >= 15 is 0 Å². The van der Waals surface area contributed by atoms with E-state index in [4.69, 9.17) is 22.1 Å². The summed E-state index contributed by atoms with van der Waals surface area (Å²) in [4.78, 5) is 40.9. The Hall–Kier alpha value is -3.31. The van der Waals surface area contributed by atoms with Crippen molar-refractivity contribution in [2.24, 2.45) is 0 Å². The smallest absolute Gasteiger partial charge is 0.323 e. The van der Waals surface area contributed by atoms with Gasteiger partial charge >= 0.3 is 5.97 Å². The fourth-order valence-corrected chi connectivity index (χ4v) is 5.49. The van der Waals surface area contributed by atoms with Crippen LogP contribution in [-0.4, -0.2) is 56.6 Å². The Kier molecular flexibility index (Phi) is 12.3. The number of carboxylic acids is 1. The average molecular weight is 605 g/mol. The van der Waals surface area contributed by atoms with Gasteiger partial charge in [0.15, 0.2) is 0 Å². The Morgan fingerprint density at radius 1 is 1.05 bits per heavy atom. The first-order valence-corrected chi connectivity index (χ1v) is 14.8. The van der Waals surface area contributed by atoms with Gasteiger partial charge in [-0.2, -0.15) is 0 Å². The van der Waals surface area contributed by atoms with Crippen LogP contribution in [-0.2, 0) is 16.2 Å². The molecular formula is C30H34F2N2O5S2. The van der Waals surface area contributed by atoms with E-state index in [2.05, 4.69) is 13.8 Å². The van der Waals surface area contributed by atoms with Crippen LogP contribution >= 0.6 is 24.0 Å². The molecule has 0 spiro atoms. The number of carbonyl (C=O) groups is 3. The quantitative estimate of drug-likeness (QED) is 0.138. The van der Waals surface area contributed by atoms with E-state index in [1.807, 2.05) is 0 Å². The van der Waals surface area contributed by atoms with E-state index in [-0.39, 0.29) is 38.6 Å². The molecule has 41 heavy (non-hydrogen) atoms.